The van der Waals surface area contributed by atoms with Crippen LogP contribution in [0.15, 0.2) is 33.5 Å². The lowest BCUT2D eigenvalue weighted by Gasteiger charge is -2.09. The second-order valence-electron chi connectivity index (χ2n) is 5.85. The monoisotopic (exact) mass is 317 g/mol. The van der Waals surface area contributed by atoms with Crippen LogP contribution in [0, 0.1) is 5.92 Å². The molecule has 0 spiro atoms. The van der Waals surface area contributed by atoms with Crippen molar-refractivity contribution < 1.29 is 18.7 Å². The molecule has 0 bridgehead atoms. The number of carbonyl (C=O) groups is 2. The molecule has 6 nitrogen and oxygen atoms in total. The van der Waals surface area contributed by atoms with E-state index in [9.17, 15) is 14.4 Å². The minimum atomic E-state index is -0.733. The van der Waals surface area contributed by atoms with E-state index in [1.54, 1.807) is 39.8 Å². The highest BCUT2D eigenvalue weighted by molar-refractivity contribution is 5.96. The van der Waals surface area contributed by atoms with Crippen LogP contribution in [0.2, 0.25) is 0 Å². The number of hydrogen-bond donors (Lipinski definition) is 1. The topological polar surface area (TPSA) is 85.6 Å². The van der Waals surface area contributed by atoms with Crippen molar-refractivity contribution in [3.63, 3.8) is 0 Å². The molecule has 1 aromatic carbocycles. The van der Waals surface area contributed by atoms with E-state index in [-0.39, 0.29) is 29.1 Å². The Kier molecular flexibility index (Phi) is 4.83. The number of nitrogens with one attached hydrogen (secondary N) is 1. The number of amides is 1. The first-order chi connectivity index (χ1) is 10.8. The number of hydrogen-bond acceptors (Lipinski definition) is 5. The summed E-state index contributed by atoms with van der Waals surface area (Å²) in [5.41, 5.74) is -0.536. The summed E-state index contributed by atoms with van der Waals surface area (Å²) in [6.45, 7) is 7.05. The molecule has 0 aliphatic heterocycles. The van der Waals surface area contributed by atoms with Gasteiger partial charge in [0.05, 0.1) is 5.92 Å². The average Bonchev–Trinajstić information content (AvgIpc) is 2.45. The van der Waals surface area contributed by atoms with Crippen molar-refractivity contribution in [2.75, 3.05) is 0 Å². The fourth-order valence-electron chi connectivity index (χ4n) is 1.89. The largest absolute Gasteiger partial charge is 0.426 e. The summed E-state index contributed by atoms with van der Waals surface area (Å²) in [7, 11) is 0. The normalized spacial score (nSPS) is 11.0. The number of carbonyl (C=O) groups excluding carboxylic acids is 2. The molecule has 1 heterocycles. The molecule has 0 saturated heterocycles. The molecule has 0 unspecified atom stereocenters. The molecular weight excluding hydrogens is 298 g/mol. The fourth-order valence-corrected chi connectivity index (χ4v) is 1.89. The van der Waals surface area contributed by atoms with Crippen molar-refractivity contribution in [2.24, 2.45) is 5.92 Å². The van der Waals surface area contributed by atoms with Gasteiger partial charge in [-0.15, -0.1) is 0 Å². The third kappa shape index (κ3) is 3.97. The quantitative estimate of drug-likeness (QED) is 0.532. The van der Waals surface area contributed by atoms with Crippen LogP contribution in [0.25, 0.3) is 11.0 Å². The Morgan fingerprint density at radius 1 is 1.13 bits per heavy atom. The van der Waals surface area contributed by atoms with Gasteiger partial charge in [-0.25, -0.2) is 4.79 Å². The molecule has 0 aliphatic rings. The molecule has 23 heavy (non-hydrogen) atoms. The zero-order valence-electron chi connectivity index (χ0n) is 13.5. The van der Waals surface area contributed by atoms with Gasteiger partial charge in [0, 0.05) is 17.5 Å². The molecule has 1 N–H and O–H groups in total. The van der Waals surface area contributed by atoms with Gasteiger partial charge < -0.3 is 14.5 Å². The van der Waals surface area contributed by atoms with Crippen LogP contribution in [0.3, 0.4) is 0 Å². The van der Waals surface area contributed by atoms with E-state index in [1.807, 2.05) is 0 Å². The van der Waals surface area contributed by atoms with Crippen LogP contribution in [0.5, 0.6) is 5.75 Å². The molecule has 0 atom stereocenters. The van der Waals surface area contributed by atoms with E-state index < -0.39 is 11.5 Å². The highest BCUT2D eigenvalue weighted by Crippen LogP contribution is 2.21. The first-order valence-corrected chi connectivity index (χ1v) is 7.38. The maximum atomic E-state index is 12.0. The van der Waals surface area contributed by atoms with Crippen LogP contribution in [0.4, 0.5) is 0 Å². The Morgan fingerprint density at radius 2 is 1.83 bits per heavy atom. The van der Waals surface area contributed by atoms with Crippen LogP contribution in [0.1, 0.15) is 38.1 Å². The van der Waals surface area contributed by atoms with E-state index in [0.717, 1.165) is 0 Å². The number of benzene rings is 1. The zero-order valence-corrected chi connectivity index (χ0v) is 13.5. The molecule has 0 radical (unpaired) electrons. The maximum Gasteiger partial charge on any atom is 0.349 e. The summed E-state index contributed by atoms with van der Waals surface area (Å²) in [5, 5.41) is 3.22. The van der Waals surface area contributed by atoms with Crippen molar-refractivity contribution in [3.8, 4) is 5.75 Å². The molecular formula is C17H19NO5. The average molecular weight is 317 g/mol. The first kappa shape index (κ1) is 16.7. The lowest BCUT2D eigenvalue weighted by molar-refractivity contribution is -0.137. The summed E-state index contributed by atoms with van der Waals surface area (Å²) < 4.78 is 10.3. The SMILES string of the molecule is CC(C)NC(=O)c1cc2ccc(OC(=O)C(C)C)cc2oc1=O. The van der Waals surface area contributed by atoms with Gasteiger partial charge in [0.25, 0.3) is 5.91 Å². The summed E-state index contributed by atoms with van der Waals surface area (Å²) in [4.78, 5) is 35.5. The molecule has 1 aromatic heterocycles. The van der Waals surface area contributed by atoms with Crippen molar-refractivity contribution >= 4 is 22.8 Å². The van der Waals surface area contributed by atoms with Gasteiger partial charge in [0.1, 0.15) is 16.9 Å². The number of esters is 1. The minimum absolute atomic E-state index is 0.0573. The van der Waals surface area contributed by atoms with E-state index in [2.05, 4.69) is 5.32 Å². The van der Waals surface area contributed by atoms with E-state index in [4.69, 9.17) is 9.15 Å². The Labute approximate surface area is 133 Å². The standard InChI is InChI=1S/C17H19NO5/c1-9(2)16(20)22-12-6-5-11-7-13(15(19)18-10(3)4)17(21)23-14(11)8-12/h5-10H,1-4H3,(H,18,19). The van der Waals surface area contributed by atoms with Gasteiger partial charge in [-0.1, -0.05) is 13.8 Å². The summed E-state index contributed by atoms with van der Waals surface area (Å²) in [6.07, 6.45) is 0. The maximum absolute atomic E-state index is 12.0. The predicted molar refractivity (Wildman–Crippen MR) is 85.6 cm³/mol. The van der Waals surface area contributed by atoms with Gasteiger partial charge in [-0.05, 0) is 32.0 Å². The fraction of sp³-hybridized carbons (Fsp3) is 0.353. The van der Waals surface area contributed by atoms with Crippen LogP contribution in [-0.2, 0) is 4.79 Å². The Hall–Kier alpha value is -2.63. The molecule has 2 rings (SSSR count). The zero-order chi connectivity index (χ0) is 17.1. The van der Waals surface area contributed by atoms with Crippen molar-refractivity contribution in [3.05, 3.63) is 40.2 Å². The van der Waals surface area contributed by atoms with Gasteiger partial charge in [-0.3, -0.25) is 9.59 Å². The van der Waals surface area contributed by atoms with Crippen molar-refractivity contribution in [1.82, 2.24) is 5.32 Å². The molecule has 0 saturated carbocycles. The van der Waals surface area contributed by atoms with Crippen LogP contribution in [-0.4, -0.2) is 17.9 Å². The van der Waals surface area contributed by atoms with Gasteiger partial charge >= 0.3 is 11.6 Å². The Bertz CT molecular complexity index is 804. The summed E-state index contributed by atoms with van der Waals surface area (Å²) in [5.74, 6) is -0.830. The lowest BCUT2D eigenvalue weighted by atomic mass is 10.1. The Morgan fingerprint density at radius 3 is 2.43 bits per heavy atom. The van der Waals surface area contributed by atoms with Crippen LogP contribution >= 0.6 is 0 Å². The molecule has 2 aromatic rings. The van der Waals surface area contributed by atoms with E-state index in [0.29, 0.717) is 11.1 Å². The van der Waals surface area contributed by atoms with E-state index >= 15 is 0 Å². The second-order valence-corrected chi connectivity index (χ2v) is 5.85. The summed E-state index contributed by atoms with van der Waals surface area (Å²) in [6, 6.07) is 6.06. The number of fused-ring (bicyclic) bond motifs is 1. The van der Waals surface area contributed by atoms with Crippen LogP contribution < -0.4 is 15.7 Å². The first-order valence-electron chi connectivity index (χ1n) is 7.38. The molecule has 6 heteroatoms. The smallest absolute Gasteiger partial charge is 0.349 e. The lowest BCUT2D eigenvalue weighted by Crippen LogP contribution is -2.33. The van der Waals surface area contributed by atoms with Gasteiger partial charge in [0.2, 0.25) is 0 Å². The van der Waals surface area contributed by atoms with E-state index in [1.165, 1.54) is 12.1 Å². The minimum Gasteiger partial charge on any atom is -0.426 e. The number of rotatable bonds is 4. The summed E-state index contributed by atoms with van der Waals surface area (Å²) >= 11 is 0. The highest BCUT2D eigenvalue weighted by atomic mass is 16.5. The van der Waals surface area contributed by atoms with Gasteiger partial charge in [-0.2, -0.15) is 0 Å². The predicted octanol–water partition coefficient (Wildman–Crippen LogP) is 2.49. The third-order valence-electron chi connectivity index (χ3n) is 3.06. The van der Waals surface area contributed by atoms with Crippen molar-refractivity contribution in [2.45, 2.75) is 33.7 Å². The highest BCUT2D eigenvalue weighted by Gasteiger charge is 2.15. The third-order valence-corrected chi connectivity index (χ3v) is 3.06. The Balaban J connectivity index is 2.37. The molecule has 1 amide bonds. The molecule has 0 aliphatic carbocycles. The molecule has 0 fully saturated rings. The molecule has 122 valence electrons. The van der Waals surface area contributed by atoms with Crippen molar-refractivity contribution in [1.29, 1.82) is 0 Å². The van der Waals surface area contributed by atoms with Gasteiger partial charge in [0.15, 0.2) is 0 Å². The number of ether oxygens (including phenoxy) is 1. The second kappa shape index (κ2) is 6.64.